The zero-order valence-electron chi connectivity index (χ0n) is 11.7. The van der Waals surface area contributed by atoms with Gasteiger partial charge in [0.15, 0.2) is 0 Å². The van der Waals surface area contributed by atoms with Gasteiger partial charge in [0.25, 0.3) is 0 Å². The van der Waals surface area contributed by atoms with E-state index in [-0.39, 0.29) is 0 Å². The van der Waals surface area contributed by atoms with Crippen molar-refractivity contribution in [1.29, 1.82) is 0 Å². The van der Waals surface area contributed by atoms with Gasteiger partial charge in [0.05, 0.1) is 17.6 Å². The quantitative estimate of drug-likeness (QED) is 0.835. The minimum Gasteiger partial charge on any atom is -0.476 e. The first-order valence-corrected chi connectivity index (χ1v) is 7.10. The molecule has 1 aliphatic heterocycles. The summed E-state index contributed by atoms with van der Waals surface area (Å²) >= 11 is 0. The zero-order chi connectivity index (χ0) is 13.9. The predicted octanol–water partition coefficient (Wildman–Crippen LogP) is 1.90. The number of nitrogens with zero attached hydrogens (tertiary/aromatic N) is 2. The highest BCUT2D eigenvalue weighted by molar-refractivity contribution is 5.78. The third kappa shape index (κ3) is 2.82. The van der Waals surface area contributed by atoms with E-state index < -0.39 is 0 Å². The molecule has 0 radical (unpaired) electrons. The number of aryl methyl sites for hydroxylation is 1. The van der Waals surface area contributed by atoms with Crippen LogP contribution in [0, 0.1) is 12.8 Å². The summed E-state index contributed by atoms with van der Waals surface area (Å²) in [5, 5.41) is 3.36. The number of ether oxygens (including phenoxy) is 1. The van der Waals surface area contributed by atoms with E-state index in [4.69, 9.17) is 10.5 Å². The molecule has 0 aliphatic carbocycles. The van der Waals surface area contributed by atoms with Crippen molar-refractivity contribution < 1.29 is 4.74 Å². The highest BCUT2D eigenvalue weighted by Gasteiger charge is 2.15. The summed E-state index contributed by atoms with van der Waals surface area (Å²) in [4.78, 5) is 9.06. The molecule has 0 unspecified atom stereocenters. The van der Waals surface area contributed by atoms with E-state index in [0.717, 1.165) is 49.3 Å². The molecule has 2 aromatic rings. The van der Waals surface area contributed by atoms with E-state index in [1.165, 1.54) is 0 Å². The molecule has 3 N–H and O–H groups in total. The molecule has 0 spiro atoms. The van der Waals surface area contributed by atoms with Crippen molar-refractivity contribution in [3.8, 4) is 5.88 Å². The van der Waals surface area contributed by atoms with E-state index >= 15 is 0 Å². The Labute approximate surface area is 118 Å². The Hall–Kier alpha value is -1.88. The maximum atomic E-state index is 5.88. The second kappa shape index (κ2) is 5.63. The van der Waals surface area contributed by atoms with Gasteiger partial charge in [0, 0.05) is 5.69 Å². The molecule has 20 heavy (non-hydrogen) atoms. The van der Waals surface area contributed by atoms with E-state index in [2.05, 4.69) is 15.3 Å². The molecule has 1 aromatic carbocycles. The molecular weight excluding hydrogens is 252 g/mol. The van der Waals surface area contributed by atoms with Crippen molar-refractivity contribution in [3.63, 3.8) is 0 Å². The van der Waals surface area contributed by atoms with Crippen molar-refractivity contribution in [2.24, 2.45) is 5.92 Å². The zero-order valence-corrected chi connectivity index (χ0v) is 11.7. The number of nitrogens with two attached hydrogens (primary N) is 1. The van der Waals surface area contributed by atoms with Gasteiger partial charge in [-0.15, -0.1) is 0 Å². The Morgan fingerprint density at radius 1 is 1.25 bits per heavy atom. The highest BCUT2D eigenvalue weighted by atomic mass is 16.5. The topological polar surface area (TPSA) is 73.1 Å². The molecule has 0 saturated carbocycles. The first kappa shape index (κ1) is 13.1. The van der Waals surface area contributed by atoms with Crippen molar-refractivity contribution in [2.75, 3.05) is 25.4 Å². The van der Waals surface area contributed by atoms with Crippen LogP contribution in [0.25, 0.3) is 11.0 Å². The van der Waals surface area contributed by atoms with E-state index in [9.17, 15) is 0 Å². The van der Waals surface area contributed by atoms with Gasteiger partial charge in [-0.25, -0.2) is 9.97 Å². The van der Waals surface area contributed by atoms with Crippen molar-refractivity contribution in [3.05, 3.63) is 23.9 Å². The molecule has 1 aliphatic rings. The number of hydrogen-bond acceptors (Lipinski definition) is 5. The lowest BCUT2D eigenvalue weighted by Crippen LogP contribution is -2.30. The Bertz CT molecular complexity index is 608. The monoisotopic (exact) mass is 272 g/mol. The van der Waals surface area contributed by atoms with E-state index in [1.54, 1.807) is 0 Å². The second-order valence-corrected chi connectivity index (χ2v) is 5.37. The molecule has 2 heterocycles. The summed E-state index contributed by atoms with van der Waals surface area (Å²) in [6, 6.07) is 5.56. The maximum Gasteiger partial charge on any atom is 0.235 e. The normalized spacial score (nSPS) is 16.4. The summed E-state index contributed by atoms with van der Waals surface area (Å²) in [5.41, 5.74) is 8.92. The second-order valence-electron chi connectivity index (χ2n) is 5.37. The molecule has 1 saturated heterocycles. The van der Waals surface area contributed by atoms with Crippen LogP contribution in [0.2, 0.25) is 0 Å². The van der Waals surface area contributed by atoms with Gasteiger partial charge in [-0.2, -0.15) is 0 Å². The number of fused-ring (bicyclic) bond motifs is 1. The minimum absolute atomic E-state index is 0.611. The Balaban J connectivity index is 1.77. The molecule has 1 aromatic heterocycles. The van der Waals surface area contributed by atoms with Crippen LogP contribution in [-0.2, 0) is 0 Å². The fraction of sp³-hybridized carbons (Fsp3) is 0.467. The van der Waals surface area contributed by atoms with Crippen LogP contribution in [0.3, 0.4) is 0 Å². The van der Waals surface area contributed by atoms with Gasteiger partial charge in [0.2, 0.25) is 5.88 Å². The lowest BCUT2D eigenvalue weighted by Gasteiger charge is -2.22. The number of anilines is 1. The number of rotatable bonds is 3. The summed E-state index contributed by atoms with van der Waals surface area (Å²) < 4.78 is 5.88. The standard InChI is InChI=1S/C15H20N4O/c1-10-15(20-9-11-4-6-17-7-5-11)19-13-3-2-12(16)8-14(13)18-10/h2-3,8,11,17H,4-7,9,16H2,1H3. The third-order valence-corrected chi connectivity index (χ3v) is 3.73. The molecule has 5 nitrogen and oxygen atoms in total. The molecule has 0 atom stereocenters. The average Bonchev–Trinajstić information content (AvgIpc) is 2.46. The first-order chi connectivity index (χ1) is 9.72. The number of benzene rings is 1. The fourth-order valence-electron chi connectivity index (χ4n) is 2.53. The SMILES string of the molecule is Cc1nc2cc(N)ccc2nc1OCC1CCNCC1. The number of nitrogens with one attached hydrogen (secondary N) is 1. The Morgan fingerprint density at radius 2 is 2.05 bits per heavy atom. The highest BCUT2D eigenvalue weighted by Crippen LogP contribution is 2.21. The van der Waals surface area contributed by atoms with Crippen molar-refractivity contribution in [1.82, 2.24) is 15.3 Å². The fourth-order valence-corrected chi connectivity index (χ4v) is 2.53. The lowest BCUT2D eigenvalue weighted by molar-refractivity contribution is 0.207. The maximum absolute atomic E-state index is 5.88. The predicted molar refractivity (Wildman–Crippen MR) is 79.8 cm³/mol. The van der Waals surface area contributed by atoms with Crippen LogP contribution < -0.4 is 15.8 Å². The Morgan fingerprint density at radius 3 is 2.85 bits per heavy atom. The van der Waals surface area contributed by atoms with Crippen LogP contribution >= 0.6 is 0 Å². The molecule has 0 bridgehead atoms. The van der Waals surface area contributed by atoms with E-state index in [1.807, 2.05) is 25.1 Å². The summed E-state index contributed by atoms with van der Waals surface area (Å²) in [7, 11) is 0. The first-order valence-electron chi connectivity index (χ1n) is 7.10. The summed E-state index contributed by atoms with van der Waals surface area (Å²) in [6.45, 7) is 4.80. The number of aromatic nitrogens is 2. The van der Waals surface area contributed by atoms with Crippen LogP contribution in [0.4, 0.5) is 5.69 Å². The summed E-state index contributed by atoms with van der Waals surface area (Å²) in [5.74, 6) is 1.25. The molecule has 106 valence electrons. The van der Waals surface area contributed by atoms with Gasteiger partial charge in [0.1, 0.15) is 5.69 Å². The third-order valence-electron chi connectivity index (χ3n) is 3.73. The summed E-state index contributed by atoms with van der Waals surface area (Å²) in [6.07, 6.45) is 2.33. The number of nitrogen functional groups attached to an aromatic ring is 1. The molecule has 3 rings (SSSR count). The van der Waals surface area contributed by atoms with E-state index in [0.29, 0.717) is 17.5 Å². The molecule has 1 fully saturated rings. The smallest absolute Gasteiger partial charge is 0.235 e. The largest absolute Gasteiger partial charge is 0.476 e. The number of hydrogen-bond donors (Lipinski definition) is 2. The lowest BCUT2D eigenvalue weighted by atomic mass is 9.99. The van der Waals surface area contributed by atoms with Gasteiger partial charge < -0.3 is 15.8 Å². The van der Waals surface area contributed by atoms with Crippen molar-refractivity contribution >= 4 is 16.7 Å². The Kier molecular flexibility index (Phi) is 3.69. The average molecular weight is 272 g/mol. The van der Waals surface area contributed by atoms with Crippen LogP contribution in [0.5, 0.6) is 5.88 Å². The van der Waals surface area contributed by atoms with Gasteiger partial charge in [-0.05, 0) is 57.0 Å². The molecular formula is C15H20N4O. The van der Waals surface area contributed by atoms with Crippen LogP contribution in [0.15, 0.2) is 18.2 Å². The van der Waals surface area contributed by atoms with Crippen molar-refractivity contribution in [2.45, 2.75) is 19.8 Å². The molecule has 0 amide bonds. The van der Waals surface area contributed by atoms with Crippen LogP contribution in [-0.4, -0.2) is 29.7 Å². The van der Waals surface area contributed by atoms with Gasteiger partial charge in [-0.1, -0.05) is 0 Å². The minimum atomic E-state index is 0.611. The van der Waals surface area contributed by atoms with Crippen LogP contribution in [0.1, 0.15) is 18.5 Å². The molecule has 5 heteroatoms. The number of piperidine rings is 1. The van der Waals surface area contributed by atoms with Gasteiger partial charge in [-0.3, -0.25) is 0 Å². The van der Waals surface area contributed by atoms with Gasteiger partial charge >= 0.3 is 0 Å².